The van der Waals surface area contributed by atoms with Crippen molar-refractivity contribution >= 4 is 69.9 Å². The highest BCUT2D eigenvalue weighted by atomic mass is 35.5. The van der Waals surface area contributed by atoms with E-state index >= 15 is 0 Å². The first-order valence-corrected chi connectivity index (χ1v) is 14.7. The molecular formula is C30H35ClN12O5. The topological polar surface area (TPSA) is 216 Å². The van der Waals surface area contributed by atoms with E-state index in [4.69, 9.17) is 17.3 Å². The van der Waals surface area contributed by atoms with Crippen molar-refractivity contribution in [2.75, 3.05) is 34.9 Å². The number of carbonyl (C=O) groups is 5. The van der Waals surface area contributed by atoms with Crippen LogP contribution in [-0.2, 0) is 33.0 Å². The number of anilines is 4. The Morgan fingerprint density at radius 3 is 1.62 bits per heavy atom. The van der Waals surface area contributed by atoms with E-state index in [0.717, 1.165) is 0 Å². The van der Waals surface area contributed by atoms with Crippen LogP contribution in [0.15, 0.2) is 59.5 Å². The van der Waals surface area contributed by atoms with Gasteiger partial charge in [0, 0.05) is 72.9 Å². The van der Waals surface area contributed by atoms with Gasteiger partial charge in [-0.05, 0) is 18.2 Å². The van der Waals surface area contributed by atoms with Crippen LogP contribution in [0.1, 0.15) is 48.4 Å². The maximum atomic E-state index is 13.2. The summed E-state index contributed by atoms with van der Waals surface area (Å²) >= 11 is 5.59. The lowest BCUT2D eigenvalue weighted by Gasteiger charge is -2.05. The summed E-state index contributed by atoms with van der Waals surface area (Å²) in [6, 6.07) is 5.90. The molecule has 17 nitrogen and oxygen atoms in total. The lowest BCUT2D eigenvalue weighted by atomic mass is 10.3. The normalized spacial score (nSPS) is 11.2. The van der Waals surface area contributed by atoms with Crippen molar-refractivity contribution in [3.63, 3.8) is 0 Å². The number of hydrogen-bond donors (Lipinski definition) is 6. The molecule has 252 valence electrons. The molecule has 48 heavy (non-hydrogen) atoms. The Bertz CT molecular complexity index is 1960. The number of halogens is 1. The molecule has 0 saturated carbocycles. The van der Waals surface area contributed by atoms with Gasteiger partial charge in [-0.1, -0.05) is 18.2 Å². The average molecular weight is 679 g/mol. The fourth-order valence-corrected chi connectivity index (χ4v) is 4.64. The zero-order valence-electron chi connectivity index (χ0n) is 26.8. The SMILES string of the molecule is C=C(Cl)C(=O)Nc1cc(C(=O)Nc2cc(C(=O)Nc3cc(C(=O)Nc4cc(C(=O)NCCC(N)=NC)n(C)c4)n(C)c3)n(C)c2)n(C)n1. The molecule has 4 aromatic rings. The van der Waals surface area contributed by atoms with Crippen LogP contribution >= 0.6 is 11.6 Å². The molecule has 0 aliphatic carbocycles. The fourth-order valence-electron chi connectivity index (χ4n) is 4.59. The van der Waals surface area contributed by atoms with Crippen molar-refractivity contribution < 1.29 is 24.0 Å². The maximum Gasteiger partial charge on any atom is 0.274 e. The van der Waals surface area contributed by atoms with Gasteiger partial charge in [0.25, 0.3) is 29.5 Å². The molecule has 4 heterocycles. The average Bonchev–Trinajstić information content (AvgIpc) is 3.78. The quantitative estimate of drug-likeness (QED) is 0.0743. The number of aliphatic imine (C=N–C) groups is 1. The zero-order chi connectivity index (χ0) is 35.3. The van der Waals surface area contributed by atoms with Gasteiger partial charge in [0.2, 0.25) is 0 Å². The number of aryl methyl sites for hydroxylation is 4. The Hall–Kier alpha value is -6.10. The number of rotatable bonds is 12. The molecule has 18 heteroatoms. The number of hydrogen-bond acceptors (Lipinski definition) is 7. The minimum atomic E-state index is -0.653. The first-order chi connectivity index (χ1) is 22.7. The zero-order valence-corrected chi connectivity index (χ0v) is 27.6. The van der Waals surface area contributed by atoms with E-state index in [0.29, 0.717) is 41.6 Å². The van der Waals surface area contributed by atoms with Crippen molar-refractivity contribution in [2.24, 2.45) is 38.9 Å². The van der Waals surface area contributed by atoms with Crippen LogP contribution in [0.25, 0.3) is 0 Å². The van der Waals surface area contributed by atoms with Crippen molar-refractivity contribution in [1.82, 2.24) is 28.8 Å². The van der Waals surface area contributed by atoms with Gasteiger partial charge >= 0.3 is 0 Å². The highest BCUT2D eigenvalue weighted by Gasteiger charge is 2.20. The monoisotopic (exact) mass is 678 g/mol. The number of nitrogens with zero attached hydrogens (tertiary/aromatic N) is 6. The van der Waals surface area contributed by atoms with Gasteiger partial charge in [-0.25, -0.2) is 0 Å². The summed E-state index contributed by atoms with van der Waals surface area (Å²) in [7, 11) is 8.06. The molecular weight excluding hydrogens is 644 g/mol. The van der Waals surface area contributed by atoms with Gasteiger partial charge < -0.3 is 46.0 Å². The van der Waals surface area contributed by atoms with Crippen molar-refractivity contribution in [3.05, 3.63) is 77.2 Å². The summed E-state index contributed by atoms with van der Waals surface area (Å²) in [5.41, 5.74) is 7.69. The first-order valence-electron chi connectivity index (χ1n) is 14.3. The Balaban J connectivity index is 1.38. The maximum absolute atomic E-state index is 13.2. The molecule has 0 bridgehead atoms. The van der Waals surface area contributed by atoms with Crippen LogP contribution in [0.5, 0.6) is 0 Å². The molecule has 0 aromatic carbocycles. The molecule has 0 unspecified atom stereocenters. The molecule has 4 aromatic heterocycles. The van der Waals surface area contributed by atoms with Crippen LogP contribution in [-0.4, -0.2) is 72.4 Å². The summed E-state index contributed by atoms with van der Waals surface area (Å²) in [6.07, 6.45) is 5.15. The van der Waals surface area contributed by atoms with Crippen molar-refractivity contribution in [3.8, 4) is 0 Å². The molecule has 4 rings (SSSR count). The number of amidine groups is 1. The Kier molecular flexibility index (Phi) is 10.5. The third-order valence-corrected chi connectivity index (χ3v) is 7.21. The lowest BCUT2D eigenvalue weighted by molar-refractivity contribution is -0.112. The predicted molar refractivity (Wildman–Crippen MR) is 181 cm³/mol. The molecule has 0 radical (unpaired) electrons. The van der Waals surface area contributed by atoms with Gasteiger partial charge in [0.1, 0.15) is 22.8 Å². The third kappa shape index (κ3) is 8.18. The number of amides is 5. The highest BCUT2D eigenvalue weighted by molar-refractivity contribution is 6.43. The molecule has 5 amide bonds. The van der Waals surface area contributed by atoms with E-state index in [1.807, 2.05) is 0 Å². The minimum Gasteiger partial charge on any atom is -0.387 e. The summed E-state index contributed by atoms with van der Waals surface area (Å²) in [5, 5.41) is 17.2. The molecule has 0 aliphatic heterocycles. The van der Waals surface area contributed by atoms with Crippen LogP contribution in [0.2, 0.25) is 0 Å². The summed E-state index contributed by atoms with van der Waals surface area (Å²) < 4.78 is 5.94. The third-order valence-electron chi connectivity index (χ3n) is 7.04. The van der Waals surface area contributed by atoms with E-state index in [1.54, 1.807) is 62.0 Å². The minimum absolute atomic E-state index is 0.107. The molecule has 0 atom stereocenters. The first kappa shape index (κ1) is 34.8. The van der Waals surface area contributed by atoms with Gasteiger partial charge in [0.05, 0.1) is 27.9 Å². The Labute approximate surface area is 279 Å². The molecule has 0 spiro atoms. The van der Waals surface area contributed by atoms with E-state index in [1.165, 1.54) is 34.5 Å². The second-order valence-corrected chi connectivity index (χ2v) is 11.1. The van der Waals surface area contributed by atoms with Crippen LogP contribution in [0, 0.1) is 0 Å². The fraction of sp³-hybridized carbons (Fsp3) is 0.233. The second-order valence-electron chi connectivity index (χ2n) is 10.7. The standard InChI is InChI=1S/C30H35ClN12O5/c1-16(31)26(44)38-25-12-23(43(6)39-25)30(48)37-19-11-22(42(5)15-19)29(47)36-18-10-21(41(4)14-18)28(46)35-17-9-20(40(3)13-17)27(45)34-8-7-24(32)33-2/h9-15H,1,7-8H2,2-6H3,(H2,32,33)(H,34,45)(H,35,46)(H,36,47)(H,37,48)(H,38,39,44). The van der Waals surface area contributed by atoms with Crippen LogP contribution in [0.3, 0.4) is 0 Å². The lowest BCUT2D eigenvalue weighted by Crippen LogP contribution is -2.29. The Morgan fingerprint density at radius 2 is 1.19 bits per heavy atom. The summed E-state index contributed by atoms with van der Waals surface area (Å²) in [5.74, 6) is -1.95. The van der Waals surface area contributed by atoms with E-state index < -0.39 is 23.6 Å². The van der Waals surface area contributed by atoms with Gasteiger partial charge in [-0.3, -0.25) is 33.6 Å². The van der Waals surface area contributed by atoms with Crippen LogP contribution < -0.4 is 32.3 Å². The summed E-state index contributed by atoms with van der Waals surface area (Å²) in [6.45, 7) is 3.65. The molecule has 0 fully saturated rings. The van der Waals surface area contributed by atoms with Crippen molar-refractivity contribution in [1.29, 1.82) is 0 Å². The molecule has 0 saturated heterocycles. The second kappa shape index (κ2) is 14.5. The molecule has 7 N–H and O–H groups in total. The highest BCUT2D eigenvalue weighted by Crippen LogP contribution is 2.20. The van der Waals surface area contributed by atoms with E-state index in [2.05, 4.69) is 43.3 Å². The molecule has 0 aliphatic rings. The largest absolute Gasteiger partial charge is 0.387 e. The van der Waals surface area contributed by atoms with Gasteiger partial charge in [-0.2, -0.15) is 5.10 Å². The smallest absolute Gasteiger partial charge is 0.274 e. The summed E-state index contributed by atoms with van der Waals surface area (Å²) in [4.78, 5) is 67.3. The van der Waals surface area contributed by atoms with E-state index in [9.17, 15) is 24.0 Å². The van der Waals surface area contributed by atoms with Gasteiger partial charge in [0.15, 0.2) is 5.82 Å². The number of nitrogens with two attached hydrogens (primary N) is 1. The number of nitrogens with one attached hydrogen (secondary N) is 5. The van der Waals surface area contributed by atoms with Crippen molar-refractivity contribution in [2.45, 2.75) is 6.42 Å². The van der Waals surface area contributed by atoms with Crippen LogP contribution in [0.4, 0.5) is 22.9 Å². The Morgan fingerprint density at radius 1 is 0.750 bits per heavy atom. The van der Waals surface area contributed by atoms with Gasteiger partial charge in [-0.15, -0.1) is 0 Å². The number of aromatic nitrogens is 5. The van der Waals surface area contributed by atoms with E-state index in [-0.39, 0.29) is 33.8 Å². The predicted octanol–water partition coefficient (Wildman–Crippen LogP) is 1.99. The number of carbonyl (C=O) groups excluding carboxylic acids is 5.